The molecule has 18 heavy (non-hydrogen) atoms. The van der Waals surface area contributed by atoms with Gasteiger partial charge in [-0.05, 0) is 18.6 Å². The van der Waals surface area contributed by atoms with E-state index in [0.29, 0.717) is 32.3 Å². The lowest BCUT2D eigenvalue weighted by Gasteiger charge is -2.08. The zero-order chi connectivity index (χ0) is 13.0. The Labute approximate surface area is 107 Å². The summed E-state index contributed by atoms with van der Waals surface area (Å²) in [5, 5.41) is 0. The molecule has 2 aromatic rings. The number of nitrogens with zero attached hydrogens (tertiary/aromatic N) is 2. The number of imidazole rings is 1. The summed E-state index contributed by atoms with van der Waals surface area (Å²) in [6.07, 6.45) is 0. The third-order valence-electron chi connectivity index (χ3n) is 2.89. The van der Waals surface area contributed by atoms with Gasteiger partial charge in [0.2, 0.25) is 5.95 Å². The lowest BCUT2D eigenvalue weighted by molar-refractivity contribution is 0.0671. The molecule has 0 spiro atoms. The average Bonchev–Trinajstić information content (AvgIpc) is 2.67. The largest absolute Gasteiger partial charge is 0.382 e. The Kier molecular flexibility index (Phi) is 4.17. The Morgan fingerprint density at radius 2 is 2.11 bits per heavy atom. The van der Waals surface area contributed by atoms with E-state index in [0.717, 1.165) is 11.0 Å². The van der Waals surface area contributed by atoms with Crippen LogP contribution in [0, 0.1) is 6.92 Å². The lowest BCUT2D eigenvalue weighted by atomic mass is 10.2. The molecule has 0 saturated carbocycles. The standard InChI is InChI=1S/C13H19N3O2/c1-10-4-3-5-11-12(10)16(13(14)15-11)6-7-18-9-8-17-2/h3-5H,6-9H2,1-2H3,(H2,14,15). The number of aromatic nitrogens is 2. The van der Waals surface area contributed by atoms with Crippen molar-refractivity contribution >= 4 is 17.0 Å². The summed E-state index contributed by atoms with van der Waals surface area (Å²) in [6.45, 7) is 4.58. The van der Waals surface area contributed by atoms with Crippen molar-refractivity contribution in [3.05, 3.63) is 23.8 Å². The summed E-state index contributed by atoms with van der Waals surface area (Å²) in [4.78, 5) is 4.35. The zero-order valence-corrected chi connectivity index (χ0v) is 10.8. The van der Waals surface area contributed by atoms with Crippen LogP contribution in [0.25, 0.3) is 11.0 Å². The third-order valence-corrected chi connectivity index (χ3v) is 2.89. The number of rotatable bonds is 6. The highest BCUT2D eigenvalue weighted by Crippen LogP contribution is 2.20. The molecular weight excluding hydrogens is 230 g/mol. The number of fused-ring (bicyclic) bond motifs is 1. The van der Waals surface area contributed by atoms with Crippen molar-refractivity contribution in [2.24, 2.45) is 0 Å². The third kappa shape index (κ3) is 2.63. The van der Waals surface area contributed by atoms with E-state index in [1.54, 1.807) is 7.11 Å². The smallest absolute Gasteiger partial charge is 0.201 e. The zero-order valence-electron chi connectivity index (χ0n) is 10.8. The van der Waals surface area contributed by atoms with Gasteiger partial charge in [-0.1, -0.05) is 12.1 Å². The molecule has 0 unspecified atom stereocenters. The van der Waals surface area contributed by atoms with E-state index < -0.39 is 0 Å². The summed E-state index contributed by atoms with van der Waals surface area (Å²) in [5.41, 5.74) is 9.13. The van der Waals surface area contributed by atoms with E-state index >= 15 is 0 Å². The van der Waals surface area contributed by atoms with Crippen LogP contribution in [0.1, 0.15) is 5.56 Å². The number of para-hydroxylation sites is 1. The molecule has 98 valence electrons. The van der Waals surface area contributed by atoms with Gasteiger partial charge in [0.05, 0.1) is 30.9 Å². The van der Waals surface area contributed by atoms with Gasteiger partial charge in [0.25, 0.3) is 0 Å². The van der Waals surface area contributed by atoms with E-state index in [2.05, 4.69) is 18.0 Å². The van der Waals surface area contributed by atoms with Gasteiger partial charge < -0.3 is 19.8 Å². The van der Waals surface area contributed by atoms with Crippen molar-refractivity contribution in [3.8, 4) is 0 Å². The second-order valence-electron chi connectivity index (χ2n) is 4.17. The van der Waals surface area contributed by atoms with Crippen LogP contribution in [-0.2, 0) is 16.0 Å². The second-order valence-corrected chi connectivity index (χ2v) is 4.17. The number of hydrogen-bond acceptors (Lipinski definition) is 4. The number of methoxy groups -OCH3 is 1. The summed E-state index contributed by atoms with van der Waals surface area (Å²) in [6, 6.07) is 6.02. The minimum atomic E-state index is 0.537. The number of hydrogen-bond donors (Lipinski definition) is 1. The van der Waals surface area contributed by atoms with Gasteiger partial charge in [-0.2, -0.15) is 0 Å². The number of nitrogens with two attached hydrogens (primary N) is 1. The Morgan fingerprint density at radius 3 is 2.89 bits per heavy atom. The number of anilines is 1. The minimum Gasteiger partial charge on any atom is -0.382 e. The van der Waals surface area contributed by atoms with Crippen molar-refractivity contribution in [1.82, 2.24) is 9.55 Å². The normalized spacial score (nSPS) is 11.2. The molecule has 0 fully saturated rings. The maximum atomic E-state index is 5.93. The topological polar surface area (TPSA) is 62.3 Å². The van der Waals surface area contributed by atoms with E-state index in [-0.39, 0.29) is 0 Å². The van der Waals surface area contributed by atoms with Crippen molar-refractivity contribution in [3.63, 3.8) is 0 Å². The van der Waals surface area contributed by atoms with Crippen LogP contribution in [0.15, 0.2) is 18.2 Å². The first-order chi connectivity index (χ1) is 8.74. The monoisotopic (exact) mass is 249 g/mol. The Balaban J connectivity index is 2.10. The quantitative estimate of drug-likeness (QED) is 0.790. The van der Waals surface area contributed by atoms with Crippen molar-refractivity contribution in [2.75, 3.05) is 32.7 Å². The summed E-state index contributed by atoms with van der Waals surface area (Å²) < 4.78 is 12.4. The predicted octanol–water partition coefficient (Wildman–Crippen LogP) is 1.59. The van der Waals surface area contributed by atoms with Crippen LogP contribution in [-0.4, -0.2) is 36.5 Å². The molecule has 0 amide bonds. The second kappa shape index (κ2) is 5.84. The number of aryl methyl sites for hydroxylation is 1. The maximum absolute atomic E-state index is 5.93. The van der Waals surface area contributed by atoms with Gasteiger partial charge in [0.15, 0.2) is 0 Å². The maximum Gasteiger partial charge on any atom is 0.201 e. The van der Waals surface area contributed by atoms with Crippen molar-refractivity contribution in [1.29, 1.82) is 0 Å². The number of benzene rings is 1. The molecular formula is C13H19N3O2. The fraction of sp³-hybridized carbons (Fsp3) is 0.462. The van der Waals surface area contributed by atoms with Gasteiger partial charge in [0.1, 0.15) is 0 Å². The number of ether oxygens (including phenoxy) is 2. The fourth-order valence-corrected chi connectivity index (χ4v) is 2.01. The van der Waals surface area contributed by atoms with Crippen LogP contribution >= 0.6 is 0 Å². The molecule has 0 aliphatic rings. The lowest BCUT2D eigenvalue weighted by Crippen LogP contribution is -2.11. The fourth-order valence-electron chi connectivity index (χ4n) is 2.01. The van der Waals surface area contributed by atoms with E-state index in [4.69, 9.17) is 15.2 Å². The van der Waals surface area contributed by atoms with E-state index in [1.807, 2.05) is 16.7 Å². The highest BCUT2D eigenvalue weighted by molar-refractivity contribution is 5.81. The van der Waals surface area contributed by atoms with Gasteiger partial charge in [-0.15, -0.1) is 0 Å². The van der Waals surface area contributed by atoms with Crippen molar-refractivity contribution in [2.45, 2.75) is 13.5 Å². The predicted molar refractivity (Wildman–Crippen MR) is 71.6 cm³/mol. The molecule has 0 atom stereocenters. The molecule has 2 rings (SSSR count). The van der Waals surface area contributed by atoms with Crippen molar-refractivity contribution < 1.29 is 9.47 Å². The van der Waals surface area contributed by atoms with Gasteiger partial charge in [0, 0.05) is 13.7 Å². The average molecular weight is 249 g/mol. The van der Waals surface area contributed by atoms with Gasteiger partial charge >= 0.3 is 0 Å². The first kappa shape index (κ1) is 12.9. The summed E-state index contributed by atoms with van der Waals surface area (Å²) >= 11 is 0. The molecule has 0 bridgehead atoms. The first-order valence-electron chi connectivity index (χ1n) is 6.02. The van der Waals surface area contributed by atoms with E-state index in [9.17, 15) is 0 Å². The number of nitrogen functional groups attached to an aromatic ring is 1. The van der Waals surface area contributed by atoms with Crippen LogP contribution in [0.5, 0.6) is 0 Å². The molecule has 0 aliphatic heterocycles. The Hall–Kier alpha value is -1.59. The molecule has 1 aromatic heterocycles. The molecule has 0 aliphatic carbocycles. The van der Waals surface area contributed by atoms with Crippen LogP contribution in [0.2, 0.25) is 0 Å². The molecule has 1 heterocycles. The summed E-state index contributed by atoms with van der Waals surface area (Å²) in [7, 11) is 1.66. The summed E-state index contributed by atoms with van der Waals surface area (Å²) in [5.74, 6) is 0.537. The van der Waals surface area contributed by atoms with Crippen LogP contribution in [0.3, 0.4) is 0 Å². The highest BCUT2D eigenvalue weighted by atomic mass is 16.5. The van der Waals surface area contributed by atoms with E-state index in [1.165, 1.54) is 5.56 Å². The SMILES string of the molecule is COCCOCCn1c(N)nc2cccc(C)c21. The first-order valence-corrected chi connectivity index (χ1v) is 6.02. The molecule has 5 heteroatoms. The minimum absolute atomic E-state index is 0.537. The Morgan fingerprint density at radius 1 is 1.28 bits per heavy atom. The van der Waals surface area contributed by atoms with Crippen LogP contribution < -0.4 is 5.73 Å². The molecule has 1 aromatic carbocycles. The highest BCUT2D eigenvalue weighted by Gasteiger charge is 2.09. The molecule has 0 radical (unpaired) electrons. The molecule has 5 nitrogen and oxygen atoms in total. The molecule has 2 N–H and O–H groups in total. The van der Waals surface area contributed by atoms with Gasteiger partial charge in [-0.25, -0.2) is 4.98 Å². The Bertz CT molecular complexity index is 522. The molecule has 0 saturated heterocycles. The van der Waals surface area contributed by atoms with Crippen LogP contribution in [0.4, 0.5) is 5.95 Å². The van der Waals surface area contributed by atoms with Gasteiger partial charge in [-0.3, -0.25) is 0 Å².